The summed E-state index contributed by atoms with van der Waals surface area (Å²) < 4.78 is 0. The Hall–Kier alpha value is -0.120. The van der Waals surface area contributed by atoms with Crippen molar-refractivity contribution in [3.8, 4) is 0 Å². The van der Waals surface area contributed by atoms with Crippen molar-refractivity contribution in [2.75, 3.05) is 33.2 Å². The number of hydrogen-bond acceptors (Lipinski definition) is 3. The molecule has 0 aromatic rings. The fourth-order valence-electron chi connectivity index (χ4n) is 2.80. The lowest BCUT2D eigenvalue weighted by Crippen LogP contribution is -2.55. The van der Waals surface area contributed by atoms with E-state index in [-0.39, 0.29) is 5.54 Å². The topological polar surface area (TPSA) is 32.5 Å². The molecule has 1 saturated heterocycles. The van der Waals surface area contributed by atoms with Crippen LogP contribution in [0.15, 0.2) is 0 Å². The molecular formula is C13H29N3. The lowest BCUT2D eigenvalue weighted by atomic mass is 9.88. The van der Waals surface area contributed by atoms with E-state index in [1.165, 1.54) is 38.9 Å². The SMILES string of the molecule is CCN1CCCC(CN)(N(C)C(C)C)CC1. The Balaban J connectivity index is 2.72. The maximum absolute atomic E-state index is 6.07. The van der Waals surface area contributed by atoms with Gasteiger partial charge in [0.2, 0.25) is 0 Å². The fourth-order valence-corrected chi connectivity index (χ4v) is 2.80. The van der Waals surface area contributed by atoms with E-state index in [9.17, 15) is 0 Å². The van der Waals surface area contributed by atoms with E-state index in [2.05, 4.69) is 37.6 Å². The summed E-state index contributed by atoms with van der Waals surface area (Å²) in [6.07, 6.45) is 3.74. The van der Waals surface area contributed by atoms with E-state index >= 15 is 0 Å². The number of nitrogens with two attached hydrogens (primary N) is 1. The van der Waals surface area contributed by atoms with Gasteiger partial charge in [0.15, 0.2) is 0 Å². The van der Waals surface area contributed by atoms with E-state index in [1.807, 2.05) is 0 Å². The maximum Gasteiger partial charge on any atom is 0.0344 e. The van der Waals surface area contributed by atoms with Crippen molar-refractivity contribution in [2.45, 2.75) is 51.6 Å². The zero-order chi connectivity index (χ0) is 12.2. The van der Waals surface area contributed by atoms with Gasteiger partial charge in [-0.3, -0.25) is 4.90 Å². The normalized spacial score (nSPS) is 28.7. The van der Waals surface area contributed by atoms with Gasteiger partial charge in [0.05, 0.1) is 0 Å². The van der Waals surface area contributed by atoms with Crippen molar-refractivity contribution in [2.24, 2.45) is 5.73 Å². The molecule has 1 fully saturated rings. The molecule has 1 aliphatic heterocycles. The first-order valence-electron chi connectivity index (χ1n) is 6.71. The zero-order valence-corrected chi connectivity index (χ0v) is 11.5. The van der Waals surface area contributed by atoms with Crippen molar-refractivity contribution in [3.05, 3.63) is 0 Å². The van der Waals surface area contributed by atoms with Gasteiger partial charge in [0.25, 0.3) is 0 Å². The Morgan fingerprint density at radius 1 is 1.31 bits per heavy atom. The molecule has 0 amide bonds. The fraction of sp³-hybridized carbons (Fsp3) is 1.00. The van der Waals surface area contributed by atoms with E-state index in [4.69, 9.17) is 5.73 Å². The summed E-state index contributed by atoms with van der Waals surface area (Å²) in [5.74, 6) is 0. The molecule has 3 heteroatoms. The monoisotopic (exact) mass is 227 g/mol. The van der Waals surface area contributed by atoms with Crippen molar-refractivity contribution in [1.82, 2.24) is 9.80 Å². The predicted molar refractivity (Wildman–Crippen MR) is 70.6 cm³/mol. The highest BCUT2D eigenvalue weighted by Gasteiger charge is 2.35. The second kappa shape index (κ2) is 5.99. The number of likely N-dealkylation sites (tertiary alicyclic amines) is 1. The Bertz CT molecular complexity index is 205. The van der Waals surface area contributed by atoms with Crippen LogP contribution in [0, 0.1) is 0 Å². The number of nitrogens with zero attached hydrogens (tertiary/aromatic N) is 2. The summed E-state index contributed by atoms with van der Waals surface area (Å²) in [6.45, 7) is 11.2. The molecule has 0 saturated carbocycles. The first-order chi connectivity index (χ1) is 7.55. The largest absolute Gasteiger partial charge is 0.329 e. The highest BCUT2D eigenvalue weighted by atomic mass is 15.2. The lowest BCUT2D eigenvalue weighted by molar-refractivity contribution is 0.0768. The molecule has 3 nitrogen and oxygen atoms in total. The Kier molecular flexibility index (Phi) is 5.22. The summed E-state index contributed by atoms with van der Waals surface area (Å²) in [6, 6.07) is 0.580. The Morgan fingerprint density at radius 2 is 2.00 bits per heavy atom. The van der Waals surface area contributed by atoms with Gasteiger partial charge in [-0.25, -0.2) is 0 Å². The average molecular weight is 227 g/mol. The van der Waals surface area contributed by atoms with Gasteiger partial charge < -0.3 is 10.6 Å². The summed E-state index contributed by atoms with van der Waals surface area (Å²) in [4.78, 5) is 5.04. The number of likely N-dealkylation sites (N-methyl/N-ethyl adjacent to an activating group) is 1. The molecule has 1 aliphatic rings. The molecule has 0 aromatic heterocycles. The van der Waals surface area contributed by atoms with E-state index in [0.717, 1.165) is 6.54 Å². The zero-order valence-electron chi connectivity index (χ0n) is 11.5. The molecular weight excluding hydrogens is 198 g/mol. The second-order valence-corrected chi connectivity index (χ2v) is 5.42. The number of rotatable bonds is 4. The molecule has 0 radical (unpaired) electrons. The van der Waals surface area contributed by atoms with Crippen LogP contribution in [0.25, 0.3) is 0 Å². The minimum Gasteiger partial charge on any atom is -0.329 e. The molecule has 2 N–H and O–H groups in total. The van der Waals surface area contributed by atoms with Crippen LogP contribution in [0.5, 0.6) is 0 Å². The van der Waals surface area contributed by atoms with Crippen LogP contribution in [-0.2, 0) is 0 Å². The van der Waals surface area contributed by atoms with Crippen molar-refractivity contribution >= 4 is 0 Å². The van der Waals surface area contributed by atoms with Crippen LogP contribution in [0.3, 0.4) is 0 Å². The third kappa shape index (κ3) is 2.96. The summed E-state index contributed by atoms with van der Waals surface area (Å²) in [5.41, 5.74) is 6.31. The van der Waals surface area contributed by atoms with Gasteiger partial charge in [-0.15, -0.1) is 0 Å². The standard InChI is InChI=1S/C13H29N3/c1-5-16-9-6-7-13(11-14,8-10-16)15(4)12(2)3/h12H,5-11,14H2,1-4H3. The summed E-state index contributed by atoms with van der Waals surface area (Å²) >= 11 is 0. The molecule has 16 heavy (non-hydrogen) atoms. The highest BCUT2D eigenvalue weighted by Crippen LogP contribution is 2.28. The van der Waals surface area contributed by atoms with E-state index in [1.54, 1.807) is 0 Å². The van der Waals surface area contributed by atoms with Crippen LogP contribution in [-0.4, -0.2) is 54.6 Å². The van der Waals surface area contributed by atoms with Crippen LogP contribution >= 0.6 is 0 Å². The van der Waals surface area contributed by atoms with Crippen LogP contribution in [0.1, 0.15) is 40.0 Å². The minimum atomic E-state index is 0.234. The first kappa shape index (κ1) is 13.9. The Morgan fingerprint density at radius 3 is 2.50 bits per heavy atom. The summed E-state index contributed by atoms with van der Waals surface area (Å²) in [7, 11) is 2.24. The first-order valence-corrected chi connectivity index (χ1v) is 6.71. The van der Waals surface area contributed by atoms with Gasteiger partial charge in [-0.2, -0.15) is 0 Å². The lowest BCUT2D eigenvalue weighted by Gasteiger charge is -2.43. The molecule has 0 aromatic carbocycles. The van der Waals surface area contributed by atoms with Crippen LogP contribution in [0.2, 0.25) is 0 Å². The summed E-state index contributed by atoms with van der Waals surface area (Å²) in [5, 5.41) is 0. The van der Waals surface area contributed by atoms with E-state index in [0.29, 0.717) is 6.04 Å². The van der Waals surface area contributed by atoms with Gasteiger partial charge in [0.1, 0.15) is 0 Å². The maximum atomic E-state index is 6.07. The molecule has 0 bridgehead atoms. The molecule has 1 rings (SSSR count). The van der Waals surface area contributed by atoms with Gasteiger partial charge in [0, 0.05) is 18.1 Å². The van der Waals surface area contributed by atoms with E-state index < -0.39 is 0 Å². The van der Waals surface area contributed by atoms with Crippen molar-refractivity contribution < 1.29 is 0 Å². The third-order valence-electron chi connectivity index (χ3n) is 4.36. The third-order valence-corrected chi connectivity index (χ3v) is 4.36. The molecule has 1 unspecified atom stereocenters. The smallest absolute Gasteiger partial charge is 0.0344 e. The average Bonchev–Trinajstić information content (AvgIpc) is 2.50. The van der Waals surface area contributed by atoms with Gasteiger partial charge >= 0.3 is 0 Å². The van der Waals surface area contributed by atoms with Crippen molar-refractivity contribution in [1.29, 1.82) is 0 Å². The molecule has 96 valence electrons. The minimum absolute atomic E-state index is 0.234. The van der Waals surface area contributed by atoms with Gasteiger partial charge in [-0.05, 0) is 59.8 Å². The van der Waals surface area contributed by atoms with Crippen LogP contribution < -0.4 is 5.73 Å². The van der Waals surface area contributed by atoms with Gasteiger partial charge in [-0.1, -0.05) is 6.92 Å². The predicted octanol–water partition coefficient (Wildman–Crippen LogP) is 1.53. The molecule has 1 atom stereocenters. The van der Waals surface area contributed by atoms with Crippen molar-refractivity contribution in [3.63, 3.8) is 0 Å². The second-order valence-electron chi connectivity index (χ2n) is 5.42. The molecule has 0 aliphatic carbocycles. The quantitative estimate of drug-likeness (QED) is 0.790. The molecule has 1 heterocycles. The highest BCUT2D eigenvalue weighted by molar-refractivity contribution is 4.94. The molecule has 0 spiro atoms. The number of hydrogen-bond donors (Lipinski definition) is 1. The Labute approximate surface area is 101 Å². The van der Waals surface area contributed by atoms with Crippen LogP contribution in [0.4, 0.5) is 0 Å².